The third-order valence-electron chi connectivity index (χ3n) is 2.29. The van der Waals surface area contributed by atoms with Crippen LogP contribution in [0.15, 0.2) is 29.2 Å². The molecule has 0 aliphatic heterocycles. The van der Waals surface area contributed by atoms with E-state index in [0.29, 0.717) is 12.3 Å². The topological polar surface area (TPSA) is 130 Å². The molecule has 0 saturated heterocycles. The average molecular weight is 277 g/mol. The number of hydrogen-bond donors (Lipinski definition) is 3. The van der Waals surface area contributed by atoms with Crippen LogP contribution in [0.4, 0.5) is 10.5 Å². The van der Waals surface area contributed by atoms with Gasteiger partial charge in [0.15, 0.2) is 12.0 Å². The molecule has 9 nitrogen and oxygen atoms in total. The van der Waals surface area contributed by atoms with Gasteiger partial charge in [0.1, 0.15) is 0 Å². The molecule has 9 heteroatoms. The number of pyridine rings is 1. The summed E-state index contributed by atoms with van der Waals surface area (Å²) in [6.07, 6.45) is 2.98. The van der Waals surface area contributed by atoms with Crippen LogP contribution >= 0.6 is 0 Å². The summed E-state index contributed by atoms with van der Waals surface area (Å²) in [5.74, 6) is -0.815. The van der Waals surface area contributed by atoms with Crippen molar-refractivity contribution in [1.29, 1.82) is 0 Å². The van der Waals surface area contributed by atoms with Crippen molar-refractivity contribution >= 4 is 17.7 Å². The molecular formula is C11H11N5O4. The second-order valence-electron chi connectivity index (χ2n) is 3.67. The van der Waals surface area contributed by atoms with E-state index in [0.717, 1.165) is 0 Å². The van der Waals surface area contributed by atoms with E-state index in [9.17, 15) is 9.59 Å². The van der Waals surface area contributed by atoms with Crippen molar-refractivity contribution in [2.75, 3.05) is 11.9 Å². The standard InChI is InChI=1S/C11H11N5O4/c17-10(18)9-7(2-1-4-12-9)16-11(19)13-5-3-8-14-6-15-20-8/h1-2,4,6H,3,5H2,(H,17,18)(H2,13,16,19). The number of aromatic nitrogens is 3. The quantitative estimate of drug-likeness (QED) is 0.726. The fourth-order valence-electron chi connectivity index (χ4n) is 1.43. The van der Waals surface area contributed by atoms with Gasteiger partial charge in [0.05, 0.1) is 5.69 Å². The summed E-state index contributed by atoms with van der Waals surface area (Å²) in [5, 5.41) is 17.3. The van der Waals surface area contributed by atoms with Crippen molar-refractivity contribution in [2.24, 2.45) is 0 Å². The third kappa shape index (κ3) is 3.51. The Bertz CT molecular complexity index is 599. The highest BCUT2D eigenvalue weighted by Gasteiger charge is 2.13. The third-order valence-corrected chi connectivity index (χ3v) is 2.29. The molecule has 0 atom stereocenters. The minimum Gasteiger partial charge on any atom is -0.476 e. The molecule has 104 valence electrons. The highest BCUT2D eigenvalue weighted by atomic mass is 16.5. The van der Waals surface area contributed by atoms with Crippen molar-refractivity contribution in [2.45, 2.75) is 6.42 Å². The fourth-order valence-corrected chi connectivity index (χ4v) is 1.43. The summed E-state index contributed by atoms with van der Waals surface area (Å²) >= 11 is 0. The zero-order valence-electron chi connectivity index (χ0n) is 10.2. The molecule has 2 rings (SSSR count). The van der Waals surface area contributed by atoms with Crippen LogP contribution in [0, 0.1) is 0 Å². The summed E-state index contributed by atoms with van der Waals surface area (Å²) in [4.78, 5) is 30.0. The van der Waals surface area contributed by atoms with Gasteiger partial charge in [-0.1, -0.05) is 5.16 Å². The van der Waals surface area contributed by atoms with Gasteiger partial charge in [0.2, 0.25) is 5.89 Å². The Hall–Kier alpha value is -2.97. The van der Waals surface area contributed by atoms with Gasteiger partial charge in [0, 0.05) is 19.2 Å². The van der Waals surface area contributed by atoms with Crippen LogP contribution in [-0.2, 0) is 6.42 Å². The van der Waals surface area contributed by atoms with Crippen molar-refractivity contribution in [3.05, 3.63) is 36.2 Å². The number of rotatable bonds is 5. The van der Waals surface area contributed by atoms with Crippen LogP contribution in [-0.4, -0.2) is 38.8 Å². The summed E-state index contributed by atoms with van der Waals surface area (Å²) < 4.78 is 4.76. The zero-order valence-corrected chi connectivity index (χ0v) is 10.2. The molecule has 0 saturated carbocycles. The van der Waals surface area contributed by atoms with Gasteiger partial charge in [-0.2, -0.15) is 4.98 Å². The molecular weight excluding hydrogens is 266 g/mol. The van der Waals surface area contributed by atoms with Gasteiger partial charge < -0.3 is 20.3 Å². The molecule has 20 heavy (non-hydrogen) atoms. The molecule has 2 aromatic heterocycles. The highest BCUT2D eigenvalue weighted by molar-refractivity contribution is 5.98. The highest BCUT2D eigenvalue weighted by Crippen LogP contribution is 2.11. The lowest BCUT2D eigenvalue weighted by Gasteiger charge is -2.08. The van der Waals surface area contributed by atoms with Crippen LogP contribution in [0.3, 0.4) is 0 Å². The van der Waals surface area contributed by atoms with Crippen molar-refractivity contribution in [3.8, 4) is 0 Å². The number of amides is 2. The SMILES string of the molecule is O=C(NCCc1ncno1)Nc1cccnc1C(=O)O. The number of aromatic carboxylic acids is 1. The predicted molar refractivity (Wildman–Crippen MR) is 66.2 cm³/mol. The number of nitrogens with zero attached hydrogens (tertiary/aromatic N) is 3. The Labute approximate surface area is 113 Å². The second-order valence-corrected chi connectivity index (χ2v) is 3.67. The number of anilines is 1. The number of carboxylic acid groups (broad SMARTS) is 1. The molecule has 2 heterocycles. The van der Waals surface area contributed by atoms with E-state index >= 15 is 0 Å². The van der Waals surface area contributed by atoms with E-state index in [1.54, 1.807) is 0 Å². The van der Waals surface area contributed by atoms with E-state index in [1.165, 1.54) is 24.7 Å². The van der Waals surface area contributed by atoms with E-state index in [4.69, 9.17) is 9.63 Å². The van der Waals surface area contributed by atoms with E-state index in [2.05, 4.69) is 25.8 Å². The average Bonchev–Trinajstić information content (AvgIpc) is 2.92. The molecule has 0 unspecified atom stereocenters. The molecule has 0 aromatic carbocycles. The Morgan fingerprint density at radius 3 is 2.90 bits per heavy atom. The lowest BCUT2D eigenvalue weighted by Crippen LogP contribution is -2.31. The van der Waals surface area contributed by atoms with Gasteiger partial charge in [0.25, 0.3) is 0 Å². The number of carbonyl (C=O) groups excluding carboxylic acids is 1. The number of nitrogens with one attached hydrogen (secondary N) is 2. The second kappa shape index (κ2) is 6.27. The monoisotopic (exact) mass is 277 g/mol. The van der Waals surface area contributed by atoms with E-state index in [-0.39, 0.29) is 17.9 Å². The Balaban J connectivity index is 1.87. The van der Waals surface area contributed by atoms with Crippen LogP contribution in [0.1, 0.15) is 16.4 Å². The molecule has 2 amide bonds. The first-order valence-corrected chi connectivity index (χ1v) is 5.65. The van der Waals surface area contributed by atoms with Crippen molar-refractivity contribution < 1.29 is 19.2 Å². The van der Waals surface area contributed by atoms with Gasteiger partial charge in [-0.3, -0.25) is 0 Å². The van der Waals surface area contributed by atoms with Gasteiger partial charge >= 0.3 is 12.0 Å². The minimum atomic E-state index is -1.22. The van der Waals surface area contributed by atoms with Crippen molar-refractivity contribution in [1.82, 2.24) is 20.4 Å². The van der Waals surface area contributed by atoms with Crippen LogP contribution in [0.2, 0.25) is 0 Å². The van der Waals surface area contributed by atoms with Gasteiger partial charge in [-0.05, 0) is 12.1 Å². The largest absolute Gasteiger partial charge is 0.476 e. The summed E-state index contributed by atoms with van der Waals surface area (Å²) in [6, 6.07) is 2.44. The molecule has 0 spiro atoms. The minimum absolute atomic E-state index is 0.121. The van der Waals surface area contributed by atoms with Crippen LogP contribution in [0.5, 0.6) is 0 Å². The number of carbonyl (C=O) groups is 2. The number of urea groups is 1. The van der Waals surface area contributed by atoms with E-state index < -0.39 is 12.0 Å². The Morgan fingerprint density at radius 2 is 2.20 bits per heavy atom. The summed E-state index contributed by atoms with van der Waals surface area (Å²) in [7, 11) is 0. The maximum atomic E-state index is 11.6. The first kappa shape index (κ1) is 13.5. The smallest absolute Gasteiger partial charge is 0.356 e. The summed E-state index contributed by atoms with van der Waals surface area (Å²) in [5.41, 5.74) is -0.102. The van der Waals surface area contributed by atoms with Crippen molar-refractivity contribution in [3.63, 3.8) is 0 Å². The lowest BCUT2D eigenvalue weighted by atomic mass is 10.3. The Kier molecular flexibility index (Phi) is 4.22. The normalized spacial score (nSPS) is 10.0. The number of carboxylic acids is 1. The van der Waals surface area contributed by atoms with Crippen LogP contribution < -0.4 is 10.6 Å². The lowest BCUT2D eigenvalue weighted by molar-refractivity contribution is 0.0691. The van der Waals surface area contributed by atoms with Crippen LogP contribution in [0.25, 0.3) is 0 Å². The Morgan fingerprint density at radius 1 is 1.35 bits per heavy atom. The maximum Gasteiger partial charge on any atom is 0.356 e. The fraction of sp³-hybridized carbons (Fsp3) is 0.182. The molecule has 0 aliphatic carbocycles. The maximum absolute atomic E-state index is 11.6. The summed E-state index contributed by atoms with van der Waals surface area (Å²) in [6.45, 7) is 0.274. The molecule has 0 fully saturated rings. The zero-order chi connectivity index (χ0) is 14.4. The van der Waals surface area contributed by atoms with E-state index in [1.807, 2.05) is 0 Å². The molecule has 0 radical (unpaired) electrons. The number of hydrogen-bond acceptors (Lipinski definition) is 6. The molecule has 0 bridgehead atoms. The first-order valence-electron chi connectivity index (χ1n) is 5.65. The van der Waals surface area contributed by atoms with Gasteiger partial charge in [-0.15, -0.1) is 0 Å². The molecule has 2 aromatic rings. The predicted octanol–water partition coefficient (Wildman–Crippen LogP) is 0.527. The molecule has 0 aliphatic rings. The molecule has 3 N–H and O–H groups in total. The first-order chi connectivity index (χ1) is 9.66. The van der Waals surface area contributed by atoms with Gasteiger partial charge in [-0.25, -0.2) is 14.6 Å².